The number of ether oxygens (including phenoxy) is 3. The van der Waals surface area contributed by atoms with E-state index >= 15 is 4.39 Å². The first-order chi connectivity index (χ1) is 13.7. The molecule has 1 aliphatic rings. The highest BCUT2D eigenvalue weighted by Gasteiger charge is 2.30. The summed E-state index contributed by atoms with van der Waals surface area (Å²) < 4.78 is 60.0. The van der Waals surface area contributed by atoms with E-state index in [1.165, 1.54) is 12.1 Å². The van der Waals surface area contributed by atoms with Gasteiger partial charge in [-0.25, -0.2) is 4.39 Å². The third kappa shape index (κ3) is 5.12. The Hall–Kier alpha value is -2.47. The minimum Gasteiger partial charge on any atom is -0.486 e. The van der Waals surface area contributed by atoms with Crippen molar-refractivity contribution in [1.82, 2.24) is 0 Å². The lowest BCUT2D eigenvalue weighted by Crippen LogP contribution is -2.18. The summed E-state index contributed by atoms with van der Waals surface area (Å²) in [5.74, 6) is -4.38. The van der Waals surface area contributed by atoms with Gasteiger partial charge in [-0.2, -0.15) is 8.78 Å². The van der Waals surface area contributed by atoms with Crippen molar-refractivity contribution in [2.75, 3.05) is 13.2 Å². The second-order valence-electron chi connectivity index (χ2n) is 7.09. The van der Waals surface area contributed by atoms with Crippen LogP contribution in [0.2, 0.25) is 0 Å². The topological polar surface area (TPSA) is 27.7 Å². The summed E-state index contributed by atoms with van der Waals surface area (Å²) in [6.07, 6.45) is 2.39. The van der Waals surface area contributed by atoms with Crippen molar-refractivity contribution in [2.24, 2.45) is 5.92 Å². The zero-order chi connectivity index (χ0) is 21.7. The molecule has 0 radical (unpaired) electrons. The van der Waals surface area contributed by atoms with Crippen molar-refractivity contribution in [2.45, 2.75) is 39.7 Å². The van der Waals surface area contributed by atoms with E-state index in [2.05, 4.69) is 19.7 Å². The molecule has 1 heterocycles. The van der Waals surface area contributed by atoms with Crippen LogP contribution in [0.4, 0.5) is 13.2 Å². The Balaban J connectivity index is 2.29. The van der Waals surface area contributed by atoms with Gasteiger partial charge in [0.2, 0.25) is 11.6 Å². The fourth-order valence-corrected chi connectivity index (χ4v) is 2.70. The average Bonchev–Trinajstić information content (AvgIpc) is 2.71. The van der Waals surface area contributed by atoms with Crippen LogP contribution < -0.4 is 9.47 Å². The summed E-state index contributed by atoms with van der Waals surface area (Å²) in [5, 5.41) is 0. The Kier molecular flexibility index (Phi) is 7.73. The molecule has 0 spiro atoms. The smallest absolute Gasteiger partial charge is 0.205 e. The summed E-state index contributed by atoms with van der Waals surface area (Å²) >= 11 is 0. The average molecular weight is 408 g/mol. The molecule has 0 amide bonds. The van der Waals surface area contributed by atoms with Crippen LogP contribution in [0.15, 0.2) is 54.6 Å². The summed E-state index contributed by atoms with van der Waals surface area (Å²) in [6.45, 7) is 17.1. The van der Waals surface area contributed by atoms with Gasteiger partial charge in [0.1, 0.15) is 6.61 Å². The zero-order valence-corrected chi connectivity index (χ0v) is 17.1. The van der Waals surface area contributed by atoms with Gasteiger partial charge in [-0.1, -0.05) is 39.7 Å². The molecule has 2 atom stereocenters. The van der Waals surface area contributed by atoms with Gasteiger partial charge >= 0.3 is 0 Å². The van der Waals surface area contributed by atoms with Gasteiger partial charge < -0.3 is 14.2 Å². The highest BCUT2D eigenvalue weighted by Crippen LogP contribution is 2.41. The molecule has 3 nitrogen and oxygen atoms in total. The molecule has 1 aromatic rings. The fourth-order valence-electron chi connectivity index (χ4n) is 2.70. The quantitative estimate of drug-likeness (QED) is 0.455. The van der Waals surface area contributed by atoms with E-state index in [0.717, 1.165) is 6.42 Å². The van der Waals surface area contributed by atoms with Crippen molar-refractivity contribution >= 4 is 0 Å². The second-order valence-corrected chi connectivity index (χ2v) is 7.09. The van der Waals surface area contributed by atoms with Gasteiger partial charge in [0, 0.05) is 17.9 Å². The predicted molar refractivity (Wildman–Crippen MR) is 108 cm³/mol. The molecule has 0 bridgehead atoms. The third-order valence-electron chi connectivity index (χ3n) is 4.77. The monoisotopic (exact) mass is 408 g/mol. The van der Waals surface area contributed by atoms with E-state index in [0.29, 0.717) is 11.1 Å². The maximum atomic E-state index is 15.0. The lowest BCUT2D eigenvalue weighted by Gasteiger charge is -2.25. The molecule has 0 saturated carbocycles. The SMILES string of the molecule is C=CCOc1cc2c(c(F)c1F)O/C(=C(\F)C(=C)C(C)COC(C)CC)C(=C)C2. The summed E-state index contributed by atoms with van der Waals surface area (Å²) in [4.78, 5) is 0. The molecule has 2 rings (SSSR count). The highest BCUT2D eigenvalue weighted by atomic mass is 19.2. The van der Waals surface area contributed by atoms with Crippen LogP contribution in [0.25, 0.3) is 0 Å². The van der Waals surface area contributed by atoms with Crippen LogP contribution in [0, 0.1) is 17.6 Å². The Labute approximate surface area is 170 Å². The fraction of sp³-hybridized carbons (Fsp3) is 0.391. The molecule has 29 heavy (non-hydrogen) atoms. The lowest BCUT2D eigenvalue weighted by atomic mass is 9.95. The minimum atomic E-state index is -1.24. The molecule has 0 N–H and O–H groups in total. The predicted octanol–water partition coefficient (Wildman–Crippen LogP) is 6.21. The first-order valence-electron chi connectivity index (χ1n) is 9.52. The molecule has 0 saturated heterocycles. The van der Waals surface area contributed by atoms with Crippen LogP contribution in [0.5, 0.6) is 11.5 Å². The number of hydrogen-bond donors (Lipinski definition) is 0. The van der Waals surface area contributed by atoms with E-state index in [1.54, 1.807) is 6.92 Å². The van der Waals surface area contributed by atoms with E-state index in [9.17, 15) is 8.78 Å². The normalized spacial score (nSPS) is 17.1. The molecule has 0 aliphatic carbocycles. The maximum Gasteiger partial charge on any atom is 0.205 e. The van der Waals surface area contributed by atoms with Crippen molar-refractivity contribution in [3.05, 3.63) is 71.8 Å². The van der Waals surface area contributed by atoms with Crippen molar-refractivity contribution in [3.63, 3.8) is 0 Å². The van der Waals surface area contributed by atoms with E-state index < -0.39 is 17.5 Å². The van der Waals surface area contributed by atoms with Crippen molar-refractivity contribution < 1.29 is 27.4 Å². The molecule has 1 aliphatic heterocycles. The molecule has 158 valence electrons. The van der Waals surface area contributed by atoms with Gasteiger partial charge in [-0.05, 0) is 30.6 Å². The van der Waals surface area contributed by atoms with Crippen LogP contribution >= 0.6 is 0 Å². The molecule has 6 heteroatoms. The van der Waals surface area contributed by atoms with Gasteiger partial charge in [0.15, 0.2) is 23.1 Å². The number of rotatable bonds is 9. The Morgan fingerprint density at radius 1 is 1.31 bits per heavy atom. The van der Waals surface area contributed by atoms with Crippen molar-refractivity contribution in [3.8, 4) is 11.5 Å². The number of allylic oxidation sites excluding steroid dienone is 2. The molecule has 1 aromatic carbocycles. The Morgan fingerprint density at radius 2 is 2.00 bits per heavy atom. The number of halogens is 3. The summed E-state index contributed by atoms with van der Waals surface area (Å²) in [7, 11) is 0. The first-order valence-corrected chi connectivity index (χ1v) is 9.52. The zero-order valence-electron chi connectivity index (χ0n) is 17.1. The standard InChI is InChI=1S/C23H27F3O3/c1-7-9-27-18-11-17-10-13(3)22(29-23(17)21(26)20(18)25)19(24)16(6)14(4)12-28-15(5)8-2/h7,11,14-15H,1,3,6,8-10,12H2,2,4-5H3/b22-19-. The molecular formula is C23H27F3O3. The summed E-state index contributed by atoms with van der Waals surface area (Å²) in [6, 6.07) is 1.33. The maximum absolute atomic E-state index is 15.0. The largest absolute Gasteiger partial charge is 0.486 e. The second kappa shape index (κ2) is 9.83. The van der Waals surface area contributed by atoms with E-state index in [4.69, 9.17) is 14.2 Å². The molecule has 2 unspecified atom stereocenters. The molecule has 0 aromatic heterocycles. The Bertz CT molecular complexity index is 842. The number of hydrogen-bond acceptors (Lipinski definition) is 3. The number of fused-ring (bicyclic) bond motifs is 1. The van der Waals surface area contributed by atoms with Crippen LogP contribution in [0.1, 0.15) is 32.8 Å². The third-order valence-corrected chi connectivity index (χ3v) is 4.77. The van der Waals surface area contributed by atoms with Gasteiger partial charge in [-0.15, -0.1) is 0 Å². The summed E-state index contributed by atoms with van der Waals surface area (Å²) in [5.41, 5.74) is 0.773. The van der Waals surface area contributed by atoms with Gasteiger partial charge in [0.25, 0.3) is 0 Å². The van der Waals surface area contributed by atoms with E-state index in [1.807, 2.05) is 13.8 Å². The molecule has 0 fully saturated rings. The van der Waals surface area contributed by atoms with Crippen molar-refractivity contribution in [1.29, 1.82) is 0 Å². The van der Waals surface area contributed by atoms with Crippen LogP contribution in [-0.4, -0.2) is 19.3 Å². The van der Waals surface area contributed by atoms with Crippen LogP contribution in [0.3, 0.4) is 0 Å². The van der Waals surface area contributed by atoms with Gasteiger partial charge in [0.05, 0.1) is 12.7 Å². The molecular weight excluding hydrogens is 381 g/mol. The lowest BCUT2D eigenvalue weighted by molar-refractivity contribution is 0.0485. The Morgan fingerprint density at radius 3 is 2.62 bits per heavy atom. The van der Waals surface area contributed by atoms with Gasteiger partial charge in [-0.3, -0.25) is 0 Å². The minimum absolute atomic E-state index is 0.0210. The van der Waals surface area contributed by atoms with Crippen LogP contribution in [-0.2, 0) is 11.2 Å². The highest BCUT2D eigenvalue weighted by molar-refractivity contribution is 5.52. The first kappa shape index (κ1) is 22.8. The van der Waals surface area contributed by atoms with E-state index in [-0.39, 0.29) is 54.5 Å². The number of benzene rings is 1.